The zero-order valence-corrected chi connectivity index (χ0v) is 20.7. The van der Waals surface area contributed by atoms with E-state index in [1.54, 1.807) is 60.9 Å². The fourth-order valence-electron chi connectivity index (χ4n) is 4.00. The lowest BCUT2D eigenvalue weighted by atomic mass is 10.1. The quantitative estimate of drug-likeness (QED) is 0.376. The number of aromatic nitrogens is 1. The van der Waals surface area contributed by atoms with Crippen molar-refractivity contribution in [2.24, 2.45) is 0 Å². The highest BCUT2D eigenvalue weighted by molar-refractivity contribution is 7.92. The van der Waals surface area contributed by atoms with E-state index in [1.165, 1.54) is 12.1 Å². The third-order valence-corrected chi connectivity index (χ3v) is 7.62. The summed E-state index contributed by atoms with van der Waals surface area (Å²) < 4.78 is 39.4. The van der Waals surface area contributed by atoms with Gasteiger partial charge in [0.2, 0.25) is 5.91 Å². The van der Waals surface area contributed by atoms with Crippen LogP contribution in [0.15, 0.2) is 102 Å². The molecule has 5 rings (SSSR count). The minimum Gasteiger partial charge on any atom is -0.486 e. The van der Waals surface area contributed by atoms with Gasteiger partial charge in [0, 0.05) is 24.1 Å². The molecule has 188 valence electrons. The summed E-state index contributed by atoms with van der Waals surface area (Å²) in [5.41, 5.74) is 3.08. The molecule has 0 atom stereocenters. The van der Waals surface area contributed by atoms with Gasteiger partial charge in [-0.15, -0.1) is 0 Å². The van der Waals surface area contributed by atoms with Gasteiger partial charge in [-0.1, -0.05) is 30.3 Å². The van der Waals surface area contributed by atoms with Crippen LogP contribution in [0.3, 0.4) is 0 Å². The smallest absolute Gasteiger partial charge is 0.264 e. The average Bonchev–Trinajstić information content (AvgIpc) is 2.93. The van der Waals surface area contributed by atoms with Gasteiger partial charge in [-0.25, -0.2) is 8.42 Å². The van der Waals surface area contributed by atoms with Crippen LogP contribution in [-0.2, 0) is 21.2 Å². The first-order chi connectivity index (χ1) is 18.0. The molecular weight excluding hydrogens is 490 g/mol. The molecule has 37 heavy (non-hydrogen) atoms. The highest BCUT2D eigenvalue weighted by Gasteiger charge is 2.28. The van der Waals surface area contributed by atoms with E-state index in [4.69, 9.17) is 9.47 Å². The first kappa shape index (κ1) is 24.3. The molecule has 0 saturated carbocycles. The molecule has 3 aromatic carbocycles. The van der Waals surface area contributed by atoms with Crippen LogP contribution in [0.2, 0.25) is 0 Å². The van der Waals surface area contributed by atoms with Crippen LogP contribution in [0.1, 0.15) is 11.1 Å². The number of benzene rings is 3. The van der Waals surface area contributed by atoms with E-state index in [2.05, 4.69) is 10.3 Å². The molecule has 0 fully saturated rings. The van der Waals surface area contributed by atoms with Crippen LogP contribution < -0.4 is 19.1 Å². The molecule has 0 unspecified atom stereocenters. The zero-order valence-electron chi connectivity index (χ0n) is 19.9. The second-order valence-corrected chi connectivity index (χ2v) is 10.3. The molecule has 1 amide bonds. The summed E-state index contributed by atoms with van der Waals surface area (Å²) in [5.74, 6) is 0.488. The molecule has 1 aliphatic rings. The third kappa shape index (κ3) is 5.73. The van der Waals surface area contributed by atoms with Gasteiger partial charge in [0.05, 0.1) is 10.6 Å². The Labute approximate surface area is 215 Å². The van der Waals surface area contributed by atoms with Crippen molar-refractivity contribution in [3.63, 3.8) is 0 Å². The lowest BCUT2D eigenvalue weighted by Crippen LogP contribution is -2.38. The molecule has 8 nitrogen and oxygen atoms in total. The predicted molar refractivity (Wildman–Crippen MR) is 141 cm³/mol. The highest BCUT2D eigenvalue weighted by Crippen LogP contribution is 2.35. The molecule has 0 bridgehead atoms. The van der Waals surface area contributed by atoms with E-state index in [0.717, 1.165) is 21.9 Å². The van der Waals surface area contributed by atoms with Gasteiger partial charge in [-0.2, -0.15) is 0 Å². The molecular formula is C28H25N3O5S. The van der Waals surface area contributed by atoms with Crippen LogP contribution in [0.5, 0.6) is 11.5 Å². The Morgan fingerprint density at radius 1 is 0.838 bits per heavy atom. The van der Waals surface area contributed by atoms with Gasteiger partial charge in [0.25, 0.3) is 10.0 Å². The summed E-state index contributed by atoms with van der Waals surface area (Å²) in [6.07, 6.45) is 4.24. The number of sulfonamides is 1. The number of hydrogen-bond donors (Lipinski definition) is 1. The number of anilines is 2. The Bertz CT molecular complexity index is 1480. The van der Waals surface area contributed by atoms with Crippen molar-refractivity contribution < 1.29 is 22.7 Å². The Morgan fingerprint density at radius 2 is 1.51 bits per heavy atom. The number of hydrogen-bond acceptors (Lipinski definition) is 6. The predicted octanol–water partition coefficient (Wildman–Crippen LogP) is 4.28. The molecule has 2 heterocycles. The first-order valence-electron chi connectivity index (χ1n) is 11.7. The fraction of sp³-hybridized carbons (Fsp3) is 0.143. The number of amides is 1. The Balaban J connectivity index is 1.36. The maximum Gasteiger partial charge on any atom is 0.264 e. The molecule has 1 aliphatic heterocycles. The van der Waals surface area contributed by atoms with E-state index >= 15 is 0 Å². The van der Waals surface area contributed by atoms with Crippen LogP contribution in [0, 0.1) is 0 Å². The van der Waals surface area contributed by atoms with Crippen molar-refractivity contribution in [2.45, 2.75) is 11.3 Å². The monoisotopic (exact) mass is 515 g/mol. The minimum atomic E-state index is -4.04. The summed E-state index contributed by atoms with van der Waals surface area (Å²) in [7, 11) is -4.04. The standard InChI is InChI=1S/C28H25N3O5S/c32-28(30-23-8-6-21(7-9-23)18-22-12-14-29-15-13-22)20-31(37(33,34)25-4-2-1-3-5-25)24-10-11-26-27(19-24)36-17-16-35-26/h1-15,19H,16-18,20H2,(H,30,32). The normalized spacial score (nSPS) is 12.5. The van der Waals surface area contributed by atoms with Crippen LogP contribution in [-0.4, -0.2) is 39.1 Å². The van der Waals surface area contributed by atoms with E-state index in [-0.39, 0.29) is 4.90 Å². The Hall–Kier alpha value is -4.37. The number of carbonyl (C=O) groups excluding carboxylic acids is 1. The van der Waals surface area contributed by atoms with Gasteiger partial charge in [0.15, 0.2) is 11.5 Å². The molecule has 0 radical (unpaired) electrons. The molecule has 9 heteroatoms. The molecule has 0 aliphatic carbocycles. The lowest BCUT2D eigenvalue weighted by molar-refractivity contribution is -0.114. The van der Waals surface area contributed by atoms with Gasteiger partial charge in [-0.05, 0) is 66.1 Å². The Kier molecular flexibility index (Phi) is 7.04. The van der Waals surface area contributed by atoms with Crippen molar-refractivity contribution in [3.05, 3.63) is 108 Å². The average molecular weight is 516 g/mol. The number of ether oxygens (including phenoxy) is 2. The summed E-state index contributed by atoms with van der Waals surface area (Å²) in [6, 6.07) is 24.2. The van der Waals surface area contributed by atoms with E-state index < -0.39 is 22.5 Å². The Morgan fingerprint density at radius 3 is 2.24 bits per heavy atom. The number of pyridine rings is 1. The zero-order chi connectivity index (χ0) is 25.7. The number of rotatable bonds is 8. The highest BCUT2D eigenvalue weighted by atomic mass is 32.2. The van der Waals surface area contributed by atoms with E-state index in [0.29, 0.717) is 36.1 Å². The maximum absolute atomic E-state index is 13.6. The van der Waals surface area contributed by atoms with Gasteiger partial charge in [0.1, 0.15) is 19.8 Å². The van der Waals surface area contributed by atoms with E-state index in [1.807, 2.05) is 24.3 Å². The van der Waals surface area contributed by atoms with Crippen molar-refractivity contribution >= 4 is 27.3 Å². The number of nitrogens with one attached hydrogen (secondary N) is 1. The van der Waals surface area contributed by atoms with Crippen LogP contribution >= 0.6 is 0 Å². The van der Waals surface area contributed by atoms with Gasteiger partial charge < -0.3 is 14.8 Å². The molecule has 0 spiro atoms. The summed E-state index contributed by atoms with van der Waals surface area (Å²) in [5, 5.41) is 2.81. The van der Waals surface area contributed by atoms with Crippen LogP contribution in [0.4, 0.5) is 11.4 Å². The van der Waals surface area contributed by atoms with Crippen molar-refractivity contribution in [1.82, 2.24) is 4.98 Å². The van der Waals surface area contributed by atoms with Gasteiger partial charge in [-0.3, -0.25) is 14.1 Å². The lowest BCUT2D eigenvalue weighted by Gasteiger charge is -2.26. The molecule has 1 aromatic heterocycles. The van der Waals surface area contributed by atoms with Crippen molar-refractivity contribution in [3.8, 4) is 11.5 Å². The van der Waals surface area contributed by atoms with Crippen molar-refractivity contribution in [1.29, 1.82) is 0 Å². The number of carbonyl (C=O) groups is 1. The molecule has 4 aromatic rings. The first-order valence-corrected chi connectivity index (χ1v) is 13.2. The second-order valence-electron chi connectivity index (χ2n) is 8.43. The van der Waals surface area contributed by atoms with Gasteiger partial charge >= 0.3 is 0 Å². The third-order valence-electron chi connectivity index (χ3n) is 5.83. The summed E-state index contributed by atoms with van der Waals surface area (Å²) >= 11 is 0. The minimum absolute atomic E-state index is 0.0816. The largest absolute Gasteiger partial charge is 0.486 e. The number of fused-ring (bicyclic) bond motifs is 1. The number of nitrogens with zero attached hydrogens (tertiary/aromatic N) is 2. The maximum atomic E-state index is 13.6. The van der Waals surface area contributed by atoms with E-state index in [9.17, 15) is 13.2 Å². The SMILES string of the molecule is O=C(CN(c1ccc2c(c1)OCCO2)S(=O)(=O)c1ccccc1)Nc1ccc(Cc2ccncc2)cc1. The van der Waals surface area contributed by atoms with Crippen molar-refractivity contribution in [2.75, 3.05) is 29.4 Å². The molecule has 1 N–H and O–H groups in total. The second kappa shape index (κ2) is 10.7. The topological polar surface area (TPSA) is 97.8 Å². The fourth-order valence-corrected chi connectivity index (χ4v) is 5.43. The molecule has 0 saturated heterocycles. The summed E-state index contributed by atoms with van der Waals surface area (Å²) in [6.45, 7) is 0.358. The summed E-state index contributed by atoms with van der Waals surface area (Å²) in [4.78, 5) is 17.2. The van der Waals surface area contributed by atoms with Crippen LogP contribution in [0.25, 0.3) is 0 Å².